The Hall–Kier alpha value is -0.760. The number of benzene rings is 1. The zero-order chi connectivity index (χ0) is 10.7. The summed E-state index contributed by atoms with van der Waals surface area (Å²) in [6.07, 6.45) is 3.17. The molecule has 0 saturated heterocycles. The van der Waals surface area contributed by atoms with Gasteiger partial charge in [-0.05, 0) is 54.0 Å². The number of para-hydroxylation sites is 1. The summed E-state index contributed by atoms with van der Waals surface area (Å²) in [6, 6.07) is 10.3. The normalized spacial score (nSPS) is 24.8. The fourth-order valence-corrected chi connectivity index (χ4v) is 2.43. The molecule has 1 aromatic rings. The zero-order valence-electron chi connectivity index (χ0n) is 8.32. The van der Waals surface area contributed by atoms with Gasteiger partial charge in [0.15, 0.2) is 0 Å². The summed E-state index contributed by atoms with van der Waals surface area (Å²) in [4.78, 5) is 0. The number of rotatable bonds is 2. The molecule has 0 amide bonds. The standard InChI is InChI=1S/C12H12INO/c13-10-5-1-2-6-12(10)15-11-7-3-4-9(11)8-14/h1-2,5-6,9,11H,3-4,7H2. The second-order valence-electron chi connectivity index (χ2n) is 3.75. The molecule has 0 N–H and O–H groups in total. The van der Waals surface area contributed by atoms with Crippen molar-refractivity contribution in [2.45, 2.75) is 25.4 Å². The van der Waals surface area contributed by atoms with E-state index in [0.717, 1.165) is 28.6 Å². The maximum absolute atomic E-state index is 8.95. The second-order valence-corrected chi connectivity index (χ2v) is 4.92. The van der Waals surface area contributed by atoms with Crippen LogP contribution in [0.25, 0.3) is 0 Å². The predicted octanol–water partition coefficient (Wildman–Crippen LogP) is 3.36. The number of hydrogen-bond donors (Lipinski definition) is 0. The van der Waals surface area contributed by atoms with E-state index in [0.29, 0.717) is 0 Å². The number of nitrogens with zero attached hydrogens (tertiary/aromatic N) is 1. The van der Waals surface area contributed by atoms with Gasteiger partial charge in [0.05, 0.1) is 15.6 Å². The quantitative estimate of drug-likeness (QED) is 0.784. The first-order chi connectivity index (χ1) is 7.31. The van der Waals surface area contributed by atoms with Gasteiger partial charge in [-0.25, -0.2) is 0 Å². The van der Waals surface area contributed by atoms with Crippen LogP contribution < -0.4 is 4.74 Å². The zero-order valence-corrected chi connectivity index (χ0v) is 10.5. The van der Waals surface area contributed by atoms with Crippen LogP contribution in [0.1, 0.15) is 19.3 Å². The molecule has 1 fully saturated rings. The topological polar surface area (TPSA) is 33.0 Å². The lowest BCUT2D eigenvalue weighted by molar-refractivity contribution is 0.181. The largest absolute Gasteiger partial charge is 0.488 e. The van der Waals surface area contributed by atoms with Gasteiger partial charge in [-0.15, -0.1) is 0 Å². The van der Waals surface area contributed by atoms with Gasteiger partial charge in [0.2, 0.25) is 0 Å². The van der Waals surface area contributed by atoms with Crippen LogP contribution in [0, 0.1) is 20.8 Å². The lowest BCUT2D eigenvalue weighted by Gasteiger charge is -2.17. The van der Waals surface area contributed by atoms with Crippen LogP contribution >= 0.6 is 22.6 Å². The van der Waals surface area contributed by atoms with Gasteiger partial charge in [-0.3, -0.25) is 0 Å². The third-order valence-corrected chi connectivity index (χ3v) is 3.62. The van der Waals surface area contributed by atoms with Gasteiger partial charge in [0.25, 0.3) is 0 Å². The molecule has 0 bridgehead atoms. The summed E-state index contributed by atoms with van der Waals surface area (Å²) in [6.45, 7) is 0. The molecule has 2 unspecified atom stereocenters. The van der Waals surface area contributed by atoms with Crippen molar-refractivity contribution in [2.75, 3.05) is 0 Å². The van der Waals surface area contributed by atoms with Crippen molar-refractivity contribution < 1.29 is 4.74 Å². The van der Waals surface area contributed by atoms with Crippen molar-refractivity contribution in [3.8, 4) is 11.8 Å². The van der Waals surface area contributed by atoms with Crippen LogP contribution in [0.15, 0.2) is 24.3 Å². The van der Waals surface area contributed by atoms with E-state index in [1.807, 2.05) is 24.3 Å². The highest BCUT2D eigenvalue weighted by molar-refractivity contribution is 14.1. The molecule has 2 rings (SSSR count). The van der Waals surface area contributed by atoms with Crippen LogP contribution in [0.2, 0.25) is 0 Å². The lowest BCUT2D eigenvalue weighted by atomic mass is 10.1. The Kier molecular flexibility index (Phi) is 3.47. The van der Waals surface area contributed by atoms with E-state index in [9.17, 15) is 0 Å². The Balaban J connectivity index is 2.09. The number of ether oxygens (including phenoxy) is 1. The first kappa shape index (κ1) is 10.7. The van der Waals surface area contributed by atoms with E-state index in [-0.39, 0.29) is 12.0 Å². The molecule has 2 atom stereocenters. The maximum atomic E-state index is 8.95. The molecule has 0 radical (unpaired) electrons. The summed E-state index contributed by atoms with van der Waals surface area (Å²) in [7, 11) is 0. The molecule has 0 aromatic heterocycles. The minimum Gasteiger partial charge on any atom is -0.488 e. The SMILES string of the molecule is N#CC1CCCC1Oc1ccccc1I. The average Bonchev–Trinajstić information content (AvgIpc) is 2.69. The molecule has 1 aliphatic rings. The molecule has 2 nitrogen and oxygen atoms in total. The highest BCUT2D eigenvalue weighted by atomic mass is 127. The maximum Gasteiger partial charge on any atom is 0.133 e. The highest BCUT2D eigenvalue weighted by Gasteiger charge is 2.29. The number of halogens is 1. The first-order valence-electron chi connectivity index (χ1n) is 5.12. The summed E-state index contributed by atoms with van der Waals surface area (Å²) in [5.41, 5.74) is 0. The average molecular weight is 313 g/mol. The molecule has 15 heavy (non-hydrogen) atoms. The molecular weight excluding hydrogens is 301 g/mol. The minimum absolute atomic E-state index is 0.0704. The molecule has 0 spiro atoms. The molecule has 0 heterocycles. The van der Waals surface area contributed by atoms with Crippen LogP contribution in [-0.2, 0) is 0 Å². The van der Waals surface area contributed by atoms with E-state index in [4.69, 9.17) is 10.00 Å². The lowest BCUT2D eigenvalue weighted by Crippen LogP contribution is -2.20. The van der Waals surface area contributed by atoms with Crippen molar-refractivity contribution >= 4 is 22.6 Å². The van der Waals surface area contributed by atoms with Crippen molar-refractivity contribution in [1.82, 2.24) is 0 Å². The fraction of sp³-hybridized carbons (Fsp3) is 0.417. The van der Waals surface area contributed by atoms with E-state index < -0.39 is 0 Å². The molecular formula is C12H12INO. The molecule has 1 saturated carbocycles. The van der Waals surface area contributed by atoms with Crippen molar-refractivity contribution in [3.63, 3.8) is 0 Å². The Labute approximate surface area is 103 Å². The Morgan fingerprint density at radius 1 is 1.33 bits per heavy atom. The van der Waals surface area contributed by atoms with Gasteiger partial charge in [0.1, 0.15) is 11.9 Å². The fourth-order valence-electron chi connectivity index (χ4n) is 1.92. The monoisotopic (exact) mass is 313 g/mol. The third kappa shape index (κ3) is 2.43. The van der Waals surface area contributed by atoms with Gasteiger partial charge in [-0.2, -0.15) is 5.26 Å². The van der Waals surface area contributed by atoms with Gasteiger partial charge < -0.3 is 4.74 Å². The van der Waals surface area contributed by atoms with Crippen LogP contribution in [0.4, 0.5) is 0 Å². The molecule has 78 valence electrons. The van der Waals surface area contributed by atoms with E-state index >= 15 is 0 Å². The van der Waals surface area contributed by atoms with Gasteiger partial charge >= 0.3 is 0 Å². The van der Waals surface area contributed by atoms with Crippen molar-refractivity contribution in [3.05, 3.63) is 27.8 Å². The molecule has 1 aromatic carbocycles. The summed E-state index contributed by atoms with van der Waals surface area (Å²) < 4.78 is 6.99. The molecule has 1 aliphatic carbocycles. The first-order valence-corrected chi connectivity index (χ1v) is 6.20. The predicted molar refractivity (Wildman–Crippen MR) is 66.5 cm³/mol. The van der Waals surface area contributed by atoms with Crippen LogP contribution in [0.5, 0.6) is 5.75 Å². The van der Waals surface area contributed by atoms with Crippen molar-refractivity contribution in [1.29, 1.82) is 5.26 Å². The minimum atomic E-state index is 0.0704. The Morgan fingerprint density at radius 2 is 2.13 bits per heavy atom. The van der Waals surface area contributed by atoms with E-state index in [1.54, 1.807) is 0 Å². The van der Waals surface area contributed by atoms with Gasteiger partial charge in [-0.1, -0.05) is 12.1 Å². The Bertz CT molecular complexity index is 385. The van der Waals surface area contributed by atoms with Crippen LogP contribution in [-0.4, -0.2) is 6.10 Å². The summed E-state index contributed by atoms with van der Waals surface area (Å²) >= 11 is 2.26. The van der Waals surface area contributed by atoms with E-state index in [2.05, 4.69) is 28.7 Å². The van der Waals surface area contributed by atoms with Gasteiger partial charge in [0, 0.05) is 0 Å². The summed E-state index contributed by atoms with van der Waals surface area (Å²) in [5.74, 6) is 0.978. The molecule has 3 heteroatoms. The number of hydrogen-bond acceptors (Lipinski definition) is 2. The highest BCUT2D eigenvalue weighted by Crippen LogP contribution is 2.31. The third-order valence-electron chi connectivity index (χ3n) is 2.73. The second kappa shape index (κ2) is 4.84. The smallest absolute Gasteiger partial charge is 0.133 e. The summed E-state index contributed by atoms with van der Waals surface area (Å²) in [5, 5.41) is 8.95. The Morgan fingerprint density at radius 3 is 2.87 bits per heavy atom. The van der Waals surface area contributed by atoms with Crippen molar-refractivity contribution in [2.24, 2.45) is 5.92 Å². The van der Waals surface area contributed by atoms with E-state index in [1.165, 1.54) is 0 Å². The van der Waals surface area contributed by atoms with Crippen LogP contribution in [0.3, 0.4) is 0 Å². The molecule has 0 aliphatic heterocycles. The number of nitriles is 1.